The van der Waals surface area contributed by atoms with Gasteiger partial charge in [0.15, 0.2) is 16.8 Å². The molecule has 2 aliphatic rings. The Morgan fingerprint density at radius 3 is 2.44 bits per heavy atom. The van der Waals surface area contributed by atoms with Crippen molar-refractivity contribution in [2.45, 2.75) is 64.8 Å². The van der Waals surface area contributed by atoms with E-state index in [1.54, 1.807) is 11.8 Å². The Morgan fingerprint density at radius 2 is 1.78 bits per heavy atom. The molecule has 0 radical (unpaired) electrons. The number of thiazole rings is 1. The van der Waals surface area contributed by atoms with E-state index in [0.29, 0.717) is 56.8 Å². The minimum atomic E-state index is -4.74. The van der Waals surface area contributed by atoms with Gasteiger partial charge in [0.05, 0.1) is 24.3 Å². The number of benzene rings is 1. The fourth-order valence-corrected chi connectivity index (χ4v) is 6.78. The van der Waals surface area contributed by atoms with Crippen LogP contribution < -0.4 is 10.2 Å². The van der Waals surface area contributed by atoms with Gasteiger partial charge in [-0.3, -0.25) is 14.6 Å². The smallest absolute Gasteiger partial charge is 0.416 e. The van der Waals surface area contributed by atoms with Crippen LogP contribution in [0.5, 0.6) is 0 Å². The molecule has 2 aliphatic heterocycles. The number of carbonyl (C=O) groups is 1. The van der Waals surface area contributed by atoms with Crippen molar-refractivity contribution in [1.29, 1.82) is 0 Å². The summed E-state index contributed by atoms with van der Waals surface area (Å²) in [6.07, 6.45) is -1.26. The lowest BCUT2D eigenvalue weighted by Gasteiger charge is -2.35. The van der Waals surface area contributed by atoms with Crippen LogP contribution in [0.15, 0.2) is 24.5 Å². The number of hydrogen-bond donors (Lipinski definition) is 1. The molecule has 0 amide bonds. The molecule has 2 fully saturated rings. The Labute approximate surface area is 262 Å². The van der Waals surface area contributed by atoms with Crippen molar-refractivity contribution in [3.8, 4) is 11.3 Å². The number of esters is 1. The van der Waals surface area contributed by atoms with Gasteiger partial charge in [-0.15, -0.1) is 0 Å². The standard InChI is InChI=1S/C30H36F5N7O2S/c1-4-44-24(43)7-8-40-9-11-41(12-10-40)28-25(32)27(36-17-37-28)39-29-38-26(20-13-21(30(33,34)35)15-22(31)14-20)23(45-29)16-42-18(2)5-6-19(42)3/h13-15,17-19H,4-12,16H2,1-3H3,(H,36,37,38,39)/t18-,19-/m1/s1. The Hall–Kier alpha value is -3.43. The molecule has 2 saturated heterocycles. The molecule has 45 heavy (non-hydrogen) atoms. The van der Waals surface area contributed by atoms with Gasteiger partial charge in [0.2, 0.25) is 5.82 Å². The van der Waals surface area contributed by atoms with Gasteiger partial charge in [0.1, 0.15) is 12.1 Å². The number of hydrogen-bond acceptors (Lipinski definition) is 10. The highest BCUT2D eigenvalue weighted by atomic mass is 32.1. The van der Waals surface area contributed by atoms with Crippen molar-refractivity contribution in [2.24, 2.45) is 0 Å². The summed E-state index contributed by atoms with van der Waals surface area (Å²) < 4.78 is 75.8. The molecule has 0 saturated carbocycles. The van der Waals surface area contributed by atoms with Crippen LogP contribution in [-0.4, -0.2) is 82.1 Å². The Balaban J connectivity index is 1.38. The molecule has 4 heterocycles. The summed E-state index contributed by atoms with van der Waals surface area (Å²) in [7, 11) is 0. The number of nitrogens with zero attached hydrogens (tertiary/aromatic N) is 6. The largest absolute Gasteiger partial charge is 0.466 e. The molecule has 9 nitrogen and oxygen atoms in total. The number of rotatable bonds is 10. The first kappa shape index (κ1) is 32.9. The zero-order chi connectivity index (χ0) is 32.3. The van der Waals surface area contributed by atoms with Crippen LogP contribution in [0.3, 0.4) is 0 Å². The number of ether oxygens (including phenoxy) is 1. The maximum atomic E-state index is 15.8. The maximum Gasteiger partial charge on any atom is 0.416 e. The fourth-order valence-electron chi connectivity index (χ4n) is 5.79. The van der Waals surface area contributed by atoms with E-state index >= 15 is 4.39 Å². The predicted octanol–water partition coefficient (Wildman–Crippen LogP) is 6.09. The van der Waals surface area contributed by atoms with Crippen molar-refractivity contribution < 1.29 is 31.5 Å². The molecular formula is C30H36F5N7O2S. The first-order valence-corrected chi connectivity index (χ1v) is 15.8. The summed E-state index contributed by atoms with van der Waals surface area (Å²) in [5, 5.41) is 3.11. The molecule has 5 rings (SSSR count). The first-order valence-electron chi connectivity index (χ1n) is 15.0. The molecule has 1 aromatic carbocycles. The number of aromatic nitrogens is 3. The summed E-state index contributed by atoms with van der Waals surface area (Å²) in [4.78, 5) is 31.2. The summed E-state index contributed by atoms with van der Waals surface area (Å²) in [6.45, 7) is 9.38. The molecule has 2 aromatic heterocycles. The van der Waals surface area contributed by atoms with E-state index in [4.69, 9.17) is 4.74 Å². The number of nitrogens with one attached hydrogen (secondary N) is 1. The number of piperazine rings is 1. The Kier molecular flexibility index (Phi) is 10.2. The molecule has 3 aromatic rings. The first-order chi connectivity index (χ1) is 21.4. The van der Waals surface area contributed by atoms with Crippen molar-refractivity contribution in [3.05, 3.63) is 46.6 Å². The summed E-state index contributed by atoms with van der Waals surface area (Å²) in [5.74, 6) is -2.00. The Morgan fingerprint density at radius 1 is 1.07 bits per heavy atom. The van der Waals surface area contributed by atoms with Crippen molar-refractivity contribution in [1.82, 2.24) is 24.8 Å². The van der Waals surface area contributed by atoms with Crippen LogP contribution in [0, 0.1) is 11.6 Å². The van der Waals surface area contributed by atoms with E-state index < -0.39 is 23.4 Å². The van der Waals surface area contributed by atoms with Gasteiger partial charge in [-0.25, -0.2) is 19.3 Å². The molecule has 1 N–H and O–H groups in total. The van der Waals surface area contributed by atoms with Gasteiger partial charge in [-0.05, 0) is 51.8 Å². The van der Waals surface area contributed by atoms with Crippen molar-refractivity contribution >= 4 is 34.1 Å². The summed E-state index contributed by atoms with van der Waals surface area (Å²) in [5.41, 5.74) is -0.917. The molecule has 244 valence electrons. The zero-order valence-electron chi connectivity index (χ0n) is 25.3. The fraction of sp³-hybridized carbons (Fsp3) is 0.533. The monoisotopic (exact) mass is 653 g/mol. The molecule has 0 spiro atoms. The molecular weight excluding hydrogens is 617 g/mol. The average molecular weight is 654 g/mol. The number of carbonyl (C=O) groups excluding carboxylic acids is 1. The third-order valence-electron chi connectivity index (χ3n) is 8.26. The topological polar surface area (TPSA) is 86.7 Å². The van der Waals surface area contributed by atoms with Crippen LogP contribution in [0.1, 0.15) is 50.5 Å². The van der Waals surface area contributed by atoms with Crippen LogP contribution in [0.4, 0.5) is 38.7 Å². The SMILES string of the molecule is CCOC(=O)CCN1CCN(c2ncnc(Nc3nc(-c4cc(F)cc(C(F)(F)F)c4)c(CN4[C@H](C)CC[C@H]4C)s3)c2F)CC1. The summed E-state index contributed by atoms with van der Waals surface area (Å²) >= 11 is 1.17. The second-order valence-electron chi connectivity index (χ2n) is 11.3. The minimum Gasteiger partial charge on any atom is -0.466 e. The van der Waals surface area contributed by atoms with E-state index in [1.807, 2.05) is 0 Å². The van der Waals surface area contributed by atoms with Gasteiger partial charge in [0.25, 0.3) is 0 Å². The van der Waals surface area contributed by atoms with Crippen LogP contribution >= 0.6 is 11.3 Å². The number of anilines is 3. The Bertz CT molecular complexity index is 1490. The zero-order valence-corrected chi connectivity index (χ0v) is 26.1. The number of halogens is 5. The van der Waals surface area contributed by atoms with Gasteiger partial charge >= 0.3 is 12.1 Å². The number of likely N-dealkylation sites (tertiary alicyclic amines) is 1. The second kappa shape index (κ2) is 13.9. The van der Waals surface area contributed by atoms with Crippen molar-refractivity contribution in [2.75, 3.05) is 49.5 Å². The normalized spacial score (nSPS) is 19.7. The molecule has 2 atom stereocenters. The number of alkyl halides is 3. The van der Waals surface area contributed by atoms with E-state index in [0.717, 1.165) is 25.0 Å². The predicted molar refractivity (Wildman–Crippen MR) is 161 cm³/mol. The lowest BCUT2D eigenvalue weighted by molar-refractivity contribution is -0.143. The lowest BCUT2D eigenvalue weighted by Crippen LogP contribution is -2.47. The van der Waals surface area contributed by atoms with E-state index in [1.165, 1.54) is 17.7 Å². The van der Waals surface area contributed by atoms with E-state index in [2.05, 4.69) is 43.9 Å². The van der Waals surface area contributed by atoms with Crippen LogP contribution in [0.25, 0.3) is 11.3 Å². The van der Waals surface area contributed by atoms with Crippen LogP contribution in [-0.2, 0) is 22.3 Å². The van der Waals surface area contributed by atoms with E-state index in [-0.39, 0.29) is 52.5 Å². The lowest BCUT2D eigenvalue weighted by atomic mass is 10.1. The minimum absolute atomic E-state index is 0.00851. The third kappa shape index (κ3) is 7.87. The quantitative estimate of drug-likeness (QED) is 0.207. The maximum absolute atomic E-state index is 15.8. The van der Waals surface area contributed by atoms with Gasteiger partial charge in [-0.2, -0.15) is 17.6 Å². The molecule has 0 aliphatic carbocycles. The van der Waals surface area contributed by atoms with Gasteiger partial charge < -0.3 is 15.0 Å². The van der Waals surface area contributed by atoms with Crippen LogP contribution in [0.2, 0.25) is 0 Å². The highest BCUT2D eigenvalue weighted by Gasteiger charge is 2.33. The highest BCUT2D eigenvalue weighted by molar-refractivity contribution is 7.16. The average Bonchev–Trinajstić information content (AvgIpc) is 3.54. The molecule has 15 heteroatoms. The third-order valence-corrected chi connectivity index (χ3v) is 9.22. The second-order valence-corrected chi connectivity index (χ2v) is 12.4. The summed E-state index contributed by atoms with van der Waals surface area (Å²) in [6, 6.07) is 2.87. The molecule has 0 bridgehead atoms. The van der Waals surface area contributed by atoms with E-state index in [9.17, 15) is 22.4 Å². The van der Waals surface area contributed by atoms with Gasteiger partial charge in [0, 0.05) is 61.8 Å². The highest BCUT2D eigenvalue weighted by Crippen LogP contribution is 2.39. The van der Waals surface area contributed by atoms with Gasteiger partial charge in [-0.1, -0.05) is 11.3 Å². The van der Waals surface area contributed by atoms with Crippen molar-refractivity contribution in [3.63, 3.8) is 0 Å². The molecule has 0 unspecified atom stereocenters.